The maximum Gasteiger partial charge on any atom is 0.342 e. The molecule has 166 valence electrons. The van der Waals surface area contributed by atoms with E-state index in [2.05, 4.69) is 9.97 Å². The minimum Gasteiger partial charge on any atom is -0.496 e. The Balaban J connectivity index is 1.95. The van der Waals surface area contributed by atoms with Crippen molar-refractivity contribution in [1.29, 1.82) is 0 Å². The van der Waals surface area contributed by atoms with Crippen LogP contribution in [-0.4, -0.2) is 38.4 Å². The van der Waals surface area contributed by atoms with Crippen LogP contribution in [0.15, 0.2) is 32.7 Å². The maximum atomic E-state index is 12.7. The number of aromatic nitrogens is 4. The van der Waals surface area contributed by atoms with Crippen molar-refractivity contribution in [3.05, 3.63) is 50.4 Å². The zero-order chi connectivity index (χ0) is 22.5. The highest BCUT2D eigenvalue weighted by molar-refractivity contribution is 7.98. The summed E-state index contributed by atoms with van der Waals surface area (Å²) < 4.78 is 13.9. The van der Waals surface area contributed by atoms with E-state index in [1.807, 2.05) is 26.2 Å². The van der Waals surface area contributed by atoms with Crippen molar-refractivity contribution in [1.82, 2.24) is 19.1 Å². The number of ether oxygens (including phenoxy) is 2. The Kier molecular flexibility index (Phi) is 7.21. The number of thioether (sulfide) groups is 1. The lowest BCUT2D eigenvalue weighted by atomic mass is 10.2. The van der Waals surface area contributed by atoms with Crippen LogP contribution in [0.2, 0.25) is 0 Å². The van der Waals surface area contributed by atoms with Gasteiger partial charge in [-0.15, -0.1) is 11.8 Å². The van der Waals surface area contributed by atoms with E-state index in [-0.39, 0.29) is 6.61 Å². The summed E-state index contributed by atoms with van der Waals surface area (Å²) >= 11 is 1.54. The van der Waals surface area contributed by atoms with Crippen molar-refractivity contribution in [2.75, 3.05) is 13.4 Å². The van der Waals surface area contributed by atoms with Gasteiger partial charge in [0.15, 0.2) is 11.2 Å². The molecule has 3 rings (SSSR count). The molecule has 0 aliphatic heterocycles. The number of carbonyl (C=O) groups is 1. The number of hydrogen-bond donors (Lipinski definition) is 1. The molecule has 1 N–H and O–H groups in total. The Hall–Kier alpha value is -3.01. The van der Waals surface area contributed by atoms with E-state index in [1.165, 1.54) is 23.4 Å². The van der Waals surface area contributed by atoms with Gasteiger partial charge in [-0.25, -0.2) is 14.6 Å². The smallest absolute Gasteiger partial charge is 0.342 e. The first-order chi connectivity index (χ1) is 14.9. The topological polar surface area (TPSA) is 108 Å². The Morgan fingerprint density at radius 2 is 2.00 bits per heavy atom. The monoisotopic (exact) mass is 446 g/mol. The molecule has 0 spiro atoms. The standard InChI is InChI=1S/C21H26N4O5S/c1-5-7-10-25-18-17(19(26)23-21(25)28)24(6-2)16(22-18)12-30-20(27)14-9-8-13(31-4)11-15(14)29-3/h8-9,11H,5-7,10,12H2,1-4H3,(H,23,26,28). The van der Waals surface area contributed by atoms with Crippen molar-refractivity contribution in [3.8, 4) is 5.75 Å². The largest absolute Gasteiger partial charge is 0.496 e. The van der Waals surface area contributed by atoms with Gasteiger partial charge < -0.3 is 14.0 Å². The molecule has 0 saturated carbocycles. The Labute approximate surface area is 183 Å². The molecule has 0 radical (unpaired) electrons. The van der Waals surface area contributed by atoms with Gasteiger partial charge in [0, 0.05) is 18.0 Å². The molecule has 0 saturated heterocycles. The van der Waals surface area contributed by atoms with Gasteiger partial charge >= 0.3 is 11.7 Å². The van der Waals surface area contributed by atoms with Gasteiger partial charge in [0.05, 0.1) is 7.11 Å². The fraction of sp³-hybridized carbons (Fsp3) is 0.429. The van der Waals surface area contributed by atoms with E-state index in [0.717, 1.165) is 17.7 Å². The van der Waals surface area contributed by atoms with Crippen LogP contribution < -0.4 is 16.0 Å². The van der Waals surface area contributed by atoms with E-state index < -0.39 is 17.2 Å². The van der Waals surface area contributed by atoms with Crippen LogP contribution in [0, 0.1) is 0 Å². The van der Waals surface area contributed by atoms with Crippen LogP contribution in [0.3, 0.4) is 0 Å². The molecule has 0 bridgehead atoms. The number of esters is 1. The third-order valence-electron chi connectivity index (χ3n) is 4.98. The molecule has 0 aliphatic rings. The summed E-state index contributed by atoms with van der Waals surface area (Å²) in [4.78, 5) is 45.2. The van der Waals surface area contributed by atoms with Crippen LogP contribution in [-0.2, 0) is 24.4 Å². The molecular weight excluding hydrogens is 420 g/mol. The number of unbranched alkanes of at least 4 members (excludes halogenated alkanes) is 1. The molecule has 0 atom stereocenters. The van der Waals surface area contributed by atoms with E-state index in [4.69, 9.17) is 9.47 Å². The van der Waals surface area contributed by atoms with E-state index in [0.29, 0.717) is 41.4 Å². The van der Waals surface area contributed by atoms with Crippen LogP contribution in [0.5, 0.6) is 5.75 Å². The maximum absolute atomic E-state index is 12.7. The number of fused-ring (bicyclic) bond motifs is 1. The molecule has 9 nitrogen and oxygen atoms in total. The van der Waals surface area contributed by atoms with Crippen LogP contribution in [0.4, 0.5) is 0 Å². The van der Waals surface area contributed by atoms with Crippen LogP contribution in [0.25, 0.3) is 11.2 Å². The molecule has 0 aliphatic carbocycles. The lowest BCUT2D eigenvalue weighted by molar-refractivity contribution is 0.0455. The van der Waals surface area contributed by atoms with Crippen LogP contribution >= 0.6 is 11.8 Å². The fourth-order valence-electron chi connectivity index (χ4n) is 3.37. The van der Waals surface area contributed by atoms with Gasteiger partial charge in [-0.1, -0.05) is 13.3 Å². The van der Waals surface area contributed by atoms with Gasteiger partial charge in [0.1, 0.15) is 23.7 Å². The summed E-state index contributed by atoms with van der Waals surface area (Å²) in [6, 6.07) is 5.24. The molecule has 2 heterocycles. The van der Waals surface area contributed by atoms with E-state index in [9.17, 15) is 14.4 Å². The predicted molar refractivity (Wildman–Crippen MR) is 119 cm³/mol. The molecule has 0 fully saturated rings. The lowest BCUT2D eigenvalue weighted by Gasteiger charge is -2.10. The Bertz CT molecular complexity index is 1210. The summed E-state index contributed by atoms with van der Waals surface area (Å²) in [5.74, 6) is 0.258. The number of imidazole rings is 1. The second kappa shape index (κ2) is 9.86. The van der Waals surface area contributed by atoms with E-state index >= 15 is 0 Å². The number of aromatic amines is 1. The summed E-state index contributed by atoms with van der Waals surface area (Å²) in [6.45, 7) is 4.61. The van der Waals surface area contributed by atoms with E-state index in [1.54, 1.807) is 16.7 Å². The predicted octanol–water partition coefficient (Wildman–Crippen LogP) is 2.79. The summed E-state index contributed by atoms with van der Waals surface area (Å²) in [5, 5.41) is 0. The number of nitrogens with zero attached hydrogens (tertiary/aromatic N) is 3. The highest BCUT2D eigenvalue weighted by Crippen LogP contribution is 2.26. The zero-order valence-electron chi connectivity index (χ0n) is 18.1. The van der Waals surface area contributed by atoms with Crippen molar-refractivity contribution in [3.63, 3.8) is 0 Å². The van der Waals surface area contributed by atoms with Gasteiger partial charge in [-0.3, -0.25) is 14.3 Å². The number of methoxy groups -OCH3 is 1. The van der Waals surface area contributed by atoms with Crippen molar-refractivity contribution in [2.45, 2.75) is 51.3 Å². The Morgan fingerprint density at radius 1 is 1.23 bits per heavy atom. The van der Waals surface area contributed by atoms with Gasteiger partial charge in [-0.2, -0.15) is 0 Å². The second-order valence-corrected chi connectivity index (χ2v) is 7.73. The highest BCUT2D eigenvalue weighted by Gasteiger charge is 2.20. The number of H-pyrrole nitrogens is 1. The summed E-state index contributed by atoms with van der Waals surface area (Å²) in [6.07, 6.45) is 3.60. The van der Waals surface area contributed by atoms with Crippen molar-refractivity contribution >= 4 is 28.9 Å². The average Bonchev–Trinajstić information content (AvgIpc) is 3.15. The first-order valence-electron chi connectivity index (χ1n) is 10.1. The van der Waals surface area contributed by atoms with Gasteiger partial charge in [0.25, 0.3) is 5.56 Å². The molecular formula is C21H26N4O5S. The summed E-state index contributed by atoms with van der Waals surface area (Å²) in [7, 11) is 1.49. The first-order valence-corrected chi connectivity index (χ1v) is 11.3. The zero-order valence-corrected chi connectivity index (χ0v) is 18.9. The summed E-state index contributed by atoms with van der Waals surface area (Å²) in [5.41, 5.74) is -0.0943. The third kappa shape index (κ3) is 4.53. The molecule has 0 unspecified atom stereocenters. The number of benzene rings is 1. The minimum absolute atomic E-state index is 0.143. The van der Waals surface area contributed by atoms with Crippen molar-refractivity contribution in [2.24, 2.45) is 0 Å². The fourth-order valence-corrected chi connectivity index (χ4v) is 3.80. The number of aryl methyl sites for hydroxylation is 2. The highest BCUT2D eigenvalue weighted by atomic mass is 32.2. The number of rotatable bonds is 9. The molecule has 3 aromatic rings. The Morgan fingerprint density at radius 3 is 2.65 bits per heavy atom. The quantitative estimate of drug-likeness (QED) is 0.398. The van der Waals surface area contributed by atoms with Gasteiger partial charge in [0.2, 0.25) is 0 Å². The third-order valence-corrected chi connectivity index (χ3v) is 5.70. The molecule has 1 aromatic carbocycles. The average molecular weight is 447 g/mol. The molecule has 0 amide bonds. The first kappa shape index (κ1) is 22.7. The van der Waals surface area contributed by atoms with Crippen molar-refractivity contribution < 1.29 is 14.3 Å². The minimum atomic E-state index is -0.559. The molecule has 31 heavy (non-hydrogen) atoms. The van der Waals surface area contributed by atoms with Gasteiger partial charge in [-0.05, 0) is 37.8 Å². The molecule has 2 aromatic heterocycles. The number of carbonyl (C=O) groups excluding carboxylic acids is 1. The van der Waals surface area contributed by atoms with Crippen LogP contribution in [0.1, 0.15) is 42.9 Å². The number of nitrogens with one attached hydrogen (secondary N) is 1. The molecule has 10 heteroatoms. The second-order valence-electron chi connectivity index (χ2n) is 6.85. The lowest BCUT2D eigenvalue weighted by Crippen LogP contribution is -2.31. The number of hydrogen-bond acceptors (Lipinski definition) is 7. The SMILES string of the molecule is CCCCn1c(=O)[nH]c(=O)c2c1nc(COC(=O)c1ccc(SC)cc1OC)n2CC. The normalized spacial score (nSPS) is 11.1.